The molecule has 0 radical (unpaired) electrons. The van der Waals surface area contributed by atoms with E-state index in [1.54, 1.807) is 12.1 Å². The van der Waals surface area contributed by atoms with Crippen LogP contribution in [0.3, 0.4) is 0 Å². The largest absolute Gasteiger partial charge is 0.508 e. The second-order valence-corrected chi connectivity index (χ2v) is 5.42. The Labute approximate surface area is 119 Å². The van der Waals surface area contributed by atoms with Gasteiger partial charge in [-0.05, 0) is 53.6 Å². The molecule has 20 heavy (non-hydrogen) atoms. The lowest BCUT2D eigenvalue weighted by atomic mass is 10.0. The van der Waals surface area contributed by atoms with Crippen LogP contribution in [0.15, 0.2) is 54.1 Å². The van der Waals surface area contributed by atoms with Gasteiger partial charge in [0.15, 0.2) is 0 Å². The number of likely N-dealkylation sites (N-methyl/N-ethyl adjacent to an activating group) is 1. The number of fused-ring (bicyclic) bond motifs is 1. The Morgan fingerprint density at radius 1 is 1.05 bits per heavy atom. The van der Waals surface area contributed by atoms with Crippen LogP contribution < -0.4 is 0 Å². The Balaban J connectivity index is 1.82. The molecule has 0 atom stereocenters. The summed E-state index contributed by atoms with van der Waals surface area (Å²) < 4.78 is 0. The second-order valence-electron chi connectivity index (χ2n) is 5.42. The summed E-state index contributed by atoms with van der Waals surface area (Å²) in [6, 6.07) is 11.8. The highest BCUT2D eigenvalue weighted by atomic mass is 16.3. The predicted octanol–water partition coefficient (Wildman–Crippen LogP) is 3.82. The van der Waals surface area contributed by atoms with Crippen LogP contribution in [0.4, 0.5) is 0 Å². The van der Waals surface area contributed by atoms with Gasteiger partial charge in [-0.3, -0.25) is 0 Å². The van der Waals surface area contributed by atoms with Gasteiger partial charge in [-0.15, -0.1) is 0 Å². The van der Waals surface area contributed by atoms with Crippen molar-refractivity contribution < 1.29 is 5.11 Å². The highest BCUT2D eigenvalue weighted by molar-refractivity contribution is 5.86. The standard InChI is InChI=1S/C18H19NO/c1-19-10-8-14(9-11-19)2-3-15-4-5-17-13-18(20)7-6-16(17)12-15/h2-8,12-13,20H,9-11H2,1H3/b3-2+. The molecule has 0 aromatic heterocycles. The van der Waals surface area contributed by atoms with Gasteiger partial charge >= 0.3 is 0 Å². The van der Waals surface area contributed by atoms with Crippen molar-refractivity contribution in [3.63, 3.8) is 0 Å². The normalized spacial score (nSPS) is 16.8. The van der Waals surface area contributed by atoms with Gasteiger partial charge in [-0.25, -0.2) is 0 Å². The zero-order valence-corrected chi connectivity index (χ0v) is 11.7. The number of rotatable bonds is 2. The molecule has 2 nitrogen and oxygen atoms in total. The average molecular weight is 265 g/mol. The zero-order valence-electron chi connectivity index (χ0n) is 11.7. The van der Waals surface area contributed by atoms with Crippen LogP contribution in [-0.4, -0.2) is 30.1 Å². The molecule has 1 N–H and O–H groups in total. The van der Waals surface area contributed by atoms with Crippen LogP contribution >= 0.6 is 0 Å². The van der Waals surface area contributed by atoms with Gasteiger partial charge in [0, 0.05) is 13.1 Å². The molecule has 0 saturated carbocycles. The van der Waals surface area contributed by atoms with Crippen LogP contribution in [0.25, 0.3) is 16.8 Å². The summed E-state index contributed by atoms with van der Waals surface area (Å²) in [5.74, 6) is 0.317. The van der Waals surface area contributed by atoms with Crippen LogP contribution in [-0.2, 0) is 0 Å². The fourth-order valence-electron chi connectivity index (χ4n) is 2.50. The fraction of sp³-hybridized carbons (Fsp3) is 0.222. The van der Waals surface area contributed by atoms with Crippen molar-refractivity contribution in [3.05, 3.63) is 59.7 Å². The van der Waals surface area contributed by atoms with E-state index in [0.29, 0.717) is 5.75 Å². The molecule has 0 aliphatic carbocycles. The van der Waals surface area contributed by atoms with Crippen molar-refractivity contribution in [2.24, 2.45) is 0 Å². The summed E-state index contributed by atoms with van der Waals surface area (Å²) >= 11 is 0. The summed E-state index contributed by atoms with van der Waals surface area (Å²) in [5.41, 5.74) is 2.61. The fourth-order valence-corrected chi connectivity index (χ4v) is 2.50. The van der Waals surface area contributed by atoms with Gasteiger partial charge in [-0.2, -0.15) is 0 Å². The zero-order chi connectivity index (χ0) is 13.9. The van der Waals surface area contributed by atoms with Crippen molar-refractivity contribution in [2.45, 2.75) is 6.42 Å². The topological polar surface area (TPSA) is 23.5 Å². The first-order valence-electron chi connectivity index (χ1n) is 6.99. The minimum Gasteiger partial charge on any atom is -0.508 e. The van der Waals surface area contributed by atoms with Gasteiger partial charge < -0.3 is 10.0 Å². The van der Waals surface area contributed by atoms with Crippen LogP contribution in [0, 0.1) is 0 Å². The molecular formula is C18H19NO. The molecule has 3 rings (SSSR count). The van der Waals surface area contributed by atoms with Crippen molar-refractivity contribution in [3.8, 4) is 5.75 Å². The smallest absolute Gasteiger partial charge is 0.116 e. The quantitative estimate of drug-likeness (QED) is 0.892. The number of nitrogens with zero attached hydrogens (tertiary/aromatic N) is 1. The lowest BCUT2D eigenvalue weighted by Gasteiger charge is -2.20. The molecule has 0 unspecified atom stereocenters. The van der Waals surface area contributed by atoms with Crippen molar-refractivity contribution >= 4 is 16.8 Å². The van der Waals surface area contributed by atoms with E-state index in [9.17, 15) is 5.11 Å². The van der Waals surface area contributed by atoms with E-state index >= 15 is 0 Å². The summed E-state index contributed by atoms with van der Waals surface area (Å²) in [6.45, 7) is 2.17. The molecule has 2 aromatic rings. The molecule has 1 aliphatic rings. The van der Waals surface area contributed by atoms with Crippen LogP contribution in [0.5, 0.6) is 5.75 Å². The monoisotopic (exact) mass is 265 g/mol. The minimum atomic E-state index is 0.317. The Hall–Kier alpha value is -2.06. The second kappa shape index (κ2) is 5.51. The van der Waals surface area contributed by atoms with E-state index in [4.69, 9.17) is 0 Å². The SMILES string of the molecule is CN1CC=C(/C=C/c2ccc3cc(O)ccc3c2)CC1. The van der Waals surface area contributed by atoms with Gasteiger partial charge in [0.1, 0.15) is 5.75 Å². The van der Waals surface area contributed by atoms with Gasteiger partial charge in [0.2, 0.25) is 0 Å². The Morgan fingerprint density at radius 2 is 1.85 bits per heavy atom. The number of hydrogen-bond acceptors (Lipinski definition) is 2. The van der Waals surface area contributed by atoms with Crippen molar-refractivity contribution in [2.75, 3.05) is 20.1 Å². The first-order chi connectivity index (χ1) is 9.70. The van der Waals surface area contributed by atoms with E-state index in [2.05, 4.69) is 48.4 Å². The lowest BCUT2D eigenvalue weighted by molar-refractivity contribution is 0.361. The van der Waals surface area contributed by atoms with Crippen molar-refractivity contribution in [1.29, 1.82) is 0 Å². The van der Waals surface area contributed by atoms with E-state index in [1.807, 2.05) is 6.07 Å². The average Bonchev–Trinajstić information content (AvgIpc) is 2.46. The third-order valence-electron chi connectivity index (χ3n) is 3.79. The molecule has 0 bridgehead atoms. The molecule has 0 spiro atoms. The Morgan fingerprint density at radius 3 is 2.65 bits per heavy atom. The first kappa shape index (κ1) is 12.9. The highest BCUT2D eigenvalue weighted by Crippen LogP contribution is 2.22. The number of benzene rings is 2. The number of hydrogen-bond donors (Lipinski definition) is 1. The molecular weight excluding hydrogens is 246 g/mol. The third kappa shape index (κ3) is 2.91. The molecule has 102 valence electrons. The Kier molecular flexibility index (Phi) is 3.57. The maximum Gasteiger partial charge on any atom is 0.116 e. The number of allylic oxidation sites excluding steroid dienone is 1. The summed E-state index contributed by atoms with van der Waals surface area (Å²) in [6.07, 6.45) is 7.80. The molecule has 0 saturated heterocycles. The van der Waals surface area contributed by atoms with E-state index in [0.717, 1.165) is 30.3 Å². The minimum absolute atomic E-state index is 0.317. The highest BCUT2D eigenvalue weighted by Gasteiger charge is 2.04. The van der Waals surface area contributed by atoms with Crippen LogP contribution in [0.1, 0.15) is 12.0 Å². The summed E-state index contributed by atoms with van der Waals surface area (Å²) in [5, 5.41) is 11.7. The van der Waals surface area contributed by atoms with Gasteiger partial charge in [0.05, 0.1) is 0 Å². The molecule has 0 fully saturated rings. The first-order valence-corrected chi connectivity index (χ1v) is 6.99. The number of phenols is 1. The molecule has 2 aromatic carbocycles. The third-order valence-corrected chi connectivity index (χ3v) is 3.79. The van der Waals surface area contributed by atoms with Crippen LogP contribution in [0.2, 0.25) is 0 Å². The summed E-state index contributed by atoms with van der Waals surface area (Å²) in [4.78, 5) is 2.32. The maximum atomic E-state index is 9.47. The predicted molar refractivity (Wildman–Crippen MR) is 84.8 cm³/mol. The van der Waals surface area contributed by atoms with Gasteiger partial charge in [0.25, 0.3) is 0 Å². The van der Waals surface area contributed by atoms with E-state index in [1.165, 1.54) is 11.1 Å². The number of aromatic hydroxyl groups is 1. The molecule has 1 heterocycles. The Bertz CT molecular complexity index is 685. The summed E-state index contributed by atoms with van der Waals surface area (Å²) in [7, 11) is 2.15. The number of phenolic OH excluding ortho intramolecular Hbond substituents is 1. The maximum absolute atomic E-state index is 9.47. The lowest BCUT2D eigenvalue weighted by Crippen LogP contribution is -2.23. The molecule has 0 amide bonds. The molecule has 1 aliphatic heterocycles. The van der Waals surface area contributed by atoms with Gasteiger partial charge in [-0.1, -0.05) is 36.4 Å². The van der Waals surface area contributed by atoms with Crippen molar-refractivity contribution in [1.82, 2.24) is 4.90 Å². The van der Waals surface area contributed by atoms with E-state index < -0.39 is 0 Å². The molecule has 2 heteroatoms. The van der Waals surface area contributed by atoms with E-state index in [-0.39, 0.29) is 0 Å².